The molecule has 0 saturated heterocycles. The summed E-state index contributed by atoms with van der Waals surface area (Å²) in [5, 5.41) is 9.85. The largest absolute Gasteiger partial charge is 0.391 e. The lowest BCUT2D eigenvalue weighted by Gasteiger charge is -2.63. The van der Waals surface area contributed by atoms with E-state index < -0.39 is 0 Å². The van der Waals surface area contributed by atoms with Crippen LogP contribution < -0.4 is 0 Å². The first-order valence-corrected chi connectivity index (χ1v) is 5.22. The standard InChI is InChI=1S/C10H17ClO/c1-5-6-4-7(10(6,2)3)9(12)8(5)11/h5-9,12H,4H2,1-3H3/t5-,6-,7+,8+,9+/m0/s1. The SMILES string of the molecule is C[C@@H]1[C@@H](Cl)[C@H](O)[C@H]2C[C@@H]1C2(C)C. The quantitative estimate of drug-likeness (QED) is 0.579. The van der Waals surface area contributed by atoms with Gasteiger partial charge in [0.2, 0.25) is 0 Å². The number of hydrogen-bond acceptors (Lipinski definition) is 1. The summed E-state index contributed by atoms with van der Waals surface area (Å²) in [6, 6.07) is 0. The third kappa shape index (κ3) is 0.843. The second kappa shape index (κ2) is 2.39. The maximum atomic E-state index is 9.86. The van der Waals surface area contributed by atoms with Crippen molar-refractivity contribution < 1.29 is 5.11 Å². The Morgan fingerprint density at radius 2 is 1.92 bits per heavy atom. The highest BCUT2D eigenvalue weighted by Crippen LogP contribution is 2.62. The van der Waals surface area contributed by atoms with Gasteiger partial charge in [-0.25, -0.2) is 0 Å². The van der Waals surface area contributed by atoms with Crippen molar-refractivity contribution in [2.24, 2.45) is 23.2 Å². The van der Waals surface area contributed by atoms with Crippen LogP contribution in [0, 0.1) is 23.2 Å². The van der Waals surface area contributed by atoms with Gasteiger partial charge in [0, 0.05) is 0 Å². The average Bonchev–Trinajstić information content (AvgIpc) is 1.98. The Hall–Kier alpha value is 0.250. The molecule has 2 bridgehead atoms. The molecule has 12 heavy (non-hydrogen) atoms. The summed E-state index contributed by atoms with van der Waals surface area (Å²) in [4.78, 5) is 0. The van der Waals surface area contributed by atoms with Crippen molar-refractivity contribution in [3.63, 3.8) is 0 Å². The third-order valence-electron chi connectivity index (χ3n) is 4.29. The van der Waals surface area contributed by atoms with Crippen LogP contribution in [-0.4, -0.2) is 16.6 Å². The van der Waals surface area contributed by atoms with Gasteiger partial charge in [-0.1, -0.05) is 20.8 Å². The highest BCUT2D eigenvalue weighted by atomic mass is 35.5. The maximum absolute atomic E-state index is 9.86. The Bertz CT molecular complexity index is 184. The zero-order chi connectivity index (χ0) is 9.09. The first-order chi connectivity index (χ1) is 5.46. The van der Waals surface area contributed by atoms with E-state index in [2.05, 4.69) is 20.8 Å². The van der Waals surface area contributed by atoms with Gasteiger partial charge < -0.3 is 5.11 Å². The predicted octanol–water partition coefficient (Wildman–Crippen LogP) is 2.27. The van der Waals surface area contributed by atoms with E-state index in [9.17, 15) is 5.11 Å². The van der Waals surface area contributed by atoms with Crippen LogP contribution in [0.3, 0.4) is 0 Å². The summed E-state index contributed by atoms with van der Waals surface area (Å²) >= 11 is 6.12. The van der Waals surface area contributed by atoms with Crippen LogP contribution in [0.1, 0.15) is 27.2 Å². The zero-order valence-electron chi connectivity index (χ0n) is 7.92. The molecule has 3 saturated carbocycles. The molecule has 0 aromatic rings. The van der Waals surface area contributed by atoms with Gasteiger partial charge in [-0.05, 0) is 29.6 Å². The lowest BCUT2D eigenvalue weighted by molar-refractivity contribution is -0.164. The van der Waals surface area contributed by atoms with Crippen molar-refractivity contribution in [3.05, 3.63) is 0 Å². The van der Waals surface area contributed by atoms with Gasteiger partial charge in [0.25, 0.3) is 0 Å². The highest BCUT2D eigenvalue weighted by Gasteiger charge is 2.60. The lowest BCUT2D eigenvalue weighted by atomic mass is 9.45. The first kappa shape index (κ1) is 8.83. The maximum Gasteiger partial charge on any atom is 0.0739 e. The molecule has 3 aliphatic rings. The van der Waals surface area contributed by atoms with E-state index in [4.69, 9.17) is 11.6 Å². The van der Waals surface area contributed by atoms with E-state index in [1.54, 1.807) is 0 Å². The van der Waals surface area contributed by atoms with Crippen molar-refractivity contribution in [2.75, 3.05) is 0 Å². The van der Waals surface area contributed by atoms with Crippen LogP contribution in [0.15, 0.2) is 0 Å². The zero-order valence-corrected chi connectivity index (χ0v) is 8.67. The Balaban J connectivity index is 2.24. The third-order valence-corrected chi connectivity index (χ3v) is 4.95. The second-order valence-corrected chi connectivity index (χ2v) is 5.57. The Morgan fingerprint density at radius 3 is 2.33 bits per heavy atom. The normalized spacial score (nSPS) is 56.2. The molecule has 3 aliphatic carbocycles. The van der Waals surface area contributed by atoms with Gasteiger partial charge in [0.15, 0.2) is 0 Å². The van der Waals surface area contributed by atoms with Crippen molar-refractivity contribution >= 4 is 11.6 Å². The van der Waals surface area contributed by atoms with E-state index >= 15 is 0 Å². The van der Waals surface area contributed by atoms with Gasteiger partial charge in [-0.3, -0.25) is 0 Å². The van der Waals surface area contributed by atoms with Gasteiger partial charge in [-0.2, -0.15) is 0 Å². The molecular weight excluding hydrogens is 172 g/mol. The van der Waals surface area contributed by atoms with Crippen LogP contribution in [0.25, 0.3) is 0 Å². The van der Waals surface area contributed by atoms with Crippen molar-refractivity contribution in [3.8, 4) is 0 Å². The lowest BCUT2D eigenvalue weighted by Crippen LogP contribution is -2.62. The molecule has 0 amide bonds. The molecule has 1 nitrogen and oxygen atoms in total. The van der Waals surface area contributed by atoms with E-state index in [1.807, 2.05) is 0 Å². The fourth-order valence-electron chi connectivity index (χ4n) is 3.22. The number of halogens is 1. The minimum atomic E-state index is -0.276. The van der Waals surface area contributed by atoms with E-state index in [0.29, 0.717) is 17.3 Å². The summed E-state index contributed by atoms with van der Waals surface area (Å²) in [5.74, 6) is 1.65. The fourth-order valence-corrected chi connectivity index (χ4v) is 3.57. The Kier molecular flexibility index (Phi) is 1.76. The first-order valence-electron chi connectivity index (χ1n) is 4.78. The molecule has 0 aliphatic heterocycles. The molecule has 2 heteroatoms. The minimum Gasteiger partial charge on any atom is -0.391 e. The summed E-state index contributed by atoms with van der Waals surface area (Å²) in [6.45, 7) is 6.69. The minimum absolute atomic E-state index is 0.0122. The molecule has 1 N–H and O–H groups in total. The van der Waals surface area contributed by atoms with Gasteiger partial charge in [-0.15, -0.1) is 11.6 Å². The molecule has 0 spiro atoms. The number of aliphatic hydroxyl groups excluding tert-OH is 1. The molecule has 0 aromatic heterocycles. The molecule has 0 radical (unpaired) electrons. The molecule has 0 aromatic carbocycles. The fraction of sp³-hybridized carbons (Fsp3) is 1.00. The van der Waals surface area contributed by atoms with E-state index in [1.165, 1.54) is 6.42 Å². The van der Waals surface area contributed by atoms with Crippen LogP contribution in [0.2, 0.25) is 0 Å². The number of aliphatic hydroxyl groups is 1. The van der Waals surface area contributed by atoms with E-state index in [-0.39, 0.29) is 11.5 Å². The van der Waals surface area contributed by atoms with E-state index in [0.717, 1.165) is 5.92 Å². The summed E-state index contributed by atoms with van der Waals surface area (Å²) in [5.41, 5.74) is 0.324. The molecule has 5 atom stereocenters. The molecule has 0 unspecified atom stereocenters. The summed E-state index contributed by atoms with van der Waals surface area (Å²) in [6.07, 6.45) is 0.903. The van der Waals surface area contributed by atoms with Crippen molar-refractivity contribution in [1.82, 2.24) is 0 Å². The summed E-state index contributed by atoms with van der Waals surface area (Å²) in [7, 11) is 0. The molecule has 3 fully saturated rings. The van der Waals surface area contributed by atoms with Gasteiger partial charge >= 0.3 is 0 Å². The highest BCUT2D eigenvalue weighted by molar-refractivity contribution is 6.21. The van der Waals surface area contributed by atoms with Crippen LogP contribution >= 0.6 is 11.6 Å². The van der Waals surface area contributed by atoms with Crippen LogP contribution in [0.4, 0.5) is 0 Å². The smallest absolute Gasteiger partial charge is 0.0739 e. The topological polar surface area (TPSA) is 20.2 Å². The van der Waals surface area contributed by atoms with Crippen LogP contribution in [0.5, 0.6) is 0 Å². The Morgan fingerprint density at radius 1 is 1.33 bits per heavy atom. The number of alkyl halides is 1. The Labute approximate surface area is 79.1 Å². The monoisotopic (exact) mass is 188 g/mol. The number of rotatable bonds is 0. The van der Waals surface area contributed by atoms with Gasteiger partial charge in [0.1, 0.15) is 0 Å². The van der Waals surface area contributed by atoms with Crippen molar-refractivity contribution in [1.29, 1.82) is 0 Å². The predicted molar refractivity (Wildman–Crippen MR) is 50.2 cm³/mol. The van der Waals surface area contributed by atoms with Crippen LogP contribution in [-0.2, 0) is 0 Å². The van der Waals surface area contributed by atoms with Gasteiger partial charge in [0.05, 0.1) is 11.5 Å². The second-order valence-electron chi connectivity index (χ2n) is 5.06. The van der Waals surface area contributed by atoms with Crippen molar-refractivity contribution in [2.45, 2.75) is 38.7 Å². The molecule has 3 rings (SSSR count). The average molecular weight is 189 g/mol. The molecule has 0 heterocycles. The number of fused-ring (bicyclic) bond motifs is 2. The molecular formula is C10H17ClO. The number of hydrogen-bond donors (Lipinski definition) is 1. The summed E-state index contributed by atoms with van der Waals surface area (Å²) < 4.78 is 0. The molecule has 70 valence electrons.